The lowest BCUT2D eigenvalue weighted by atomic mass is 10.0. The molecule has 0 saturated carbocycles. The molecule has 0 spiro atoms. The molecule has 0 unspecified atom stereocenters. The number of rotatable bonds is 0. The van der Waals surface area contributed by atoms with Gasteiger partial charge in [-0.15, -0.1) is 0 Å². The summed E-state index contributed by atoms with van der Waals surface area (Å²) in [5.74, 6) is 0.874. The van der Waals surface area contributed by atoms with E-state index in [0.717, 1.165) is 33.2 Å². The number of nitrogens with zero attached hydrogens (tertiary/aromatic N) is 1. The van der Waals surface area contributed by atoms with Gasteiger partial charge >= 0.3 is 0 Å². The highest BCUT2D eigenvalue weighted by Gasteiger charge is 2.22. The first-order chi connectivity index (χ1) is 9.12. The van der Waals surface area contributed by atoms with Gasteiger partial charge in [-0.25, -0.2) is 0 Å². The van der Waals surface area contributed by atoms with Gasteiger partial charge in [0.2, 0.25) is 0 Å². The molecule has 2 aromatic heterocycles. The molecule has 0 N–H and O–H groups in total. The Bertz CT molecular complexity index is 827. The molecule has 3 heteroatoms. The number of aromatic nitrogens is 1. The summed E-state index contributed by atoms with van der Waals surface area (Å²) in [4.78, 5) is 4.47. The molecule has 0 amide bonds. The van der Waals surface area contributed by atoms with Crippen LogP contribution in [-0.2, 0) is 0 Å². The fraction of sp³-hybridized carbons (Fsp3) is 0.188. The van der Waals surface area contributed by atoms with Crippen LogP contribution in [0.15, 0.2) is 41.2 Å². The Morgan fingerprint density at radius 3 is 3.00 bits per heavy atom. The van der Waals surface area contributed by atoms with E-state index in [1.807, 2.05) is 32.2 Å². The van der Waals surface area contributed by atoms with Crippen LogP contribution in [0.1, 0.15) is 19.4 Å². The van der Waals surface area contributed by atoms with Crippen LogP contribution in [0.25, 0.3) is 27.9 Å². The van der Waals surface area contributed by atoms with Crippen LogP contribution in [0, 0.1) is 0 Å². The van der Waals surface area contributed by atoms with E-state index in [9.17, 15) is 0 Å². The van der Waals surface area contributed by atoms with E-state index >= 15 is 0 Å². The molecule has 1 aromatic carbocycles. The molecule has 0 radical (unpaired) electrons. The maximum atomic E-state index is 5.96. The summed E-state index contributed by atoms with van der Waals surface area (Å²) < 4.78 is 11.5. The molecule has 0 saturated heterocycles. The maximum absolute atomic E-state index is 5.96. The SMILES string of the molecule is CC1(C)C=Cc2cc3c(cc2O1)ncc1ccoc13. The lowest BCUT2D eigenvalue weighted by molar-refractivity contribution is 0.159. The van der Waals surface area contributed by atoms with Crippen molar-refractivity contribution in [1.82, 2.24) is 4.98 Å². The van der Waals surface area contributed by atoms with E-state index in [-0.39, 0.29) is 5.60 Å². The van der Waals surface area contributed by atoms with Crippen LogP contribution >= 0.6 is 0 Å². The van der Waals surface area contributed by atoms with E-state index in [0.29, 0.717) is 0 Å². The topological polar surface area (TPSA) is 35.3 Å². The summed E-state index contributed by atoms with van der Waals surface area (Å²) in [6.45, 7) is 4.08. The van der Waals surface area contributed by atoms with E-state index in [4.69, 9.17) is 9.15 Å². The van der Waals surface area contributed by atoms with Gasteiger partial charge < -0.3 is 9.15 Å². The molecule has 0 bridgehead atoms. The van der Waals surface area contributed by atoms with E-state index < -0.39 is 0 Å². The standard InChI is InChI=1S/C16H13NO2/c1-16(2)5-3-10-7-12-13(8-14(10)19-16)17-9-11-4-6-18-15(11)12/h3-9H,1-2H3. The molecular weight excluding hydrogens is 238 g/mol. The first kappa shape index (κ1) is 10.6. The molecule has 0 atom stereocenters. The number of ether oxygens (including phenoxy) is 1. The van der Waals surface area contributed by atoms with Crippen molar-refractivity contribution in [3.8, 4) is 5.75 Å². The van der Waals surface area contributed by atoms with Crippen molar-refractivity contribution in [3.05, 3.63) is 42.3 Å². The van der Waals surface area contributed by atoms with Crippen molar-refractivity contribution in [2.75, 3.05) is 0 Å². The molecular formula is C16H13NO2. The summed E-state index contributed by atoms with van der Waals surface area (Å²) in [5.41, 5.74) is 2.57. The average molecular weight is 251 g/mol. The molecule has 1 aliphatic rings. The fourth-order valence-electron chi connectivity index (χ4n) is 2.48. The minimum atomic E-state index is -0.268. The number of furan rings is 1. The minimum absolute atomic E-state index is 0.268. The number of hydrogen-bond donors (Lipinski definition) is 0. The van der Waals surface area contributed by atoms with Crippen LogP contribution in [0.4, 0.5) is 0 Å². The predicted octanol–water partition coefficient (Wildman–Crippen LogP) is 4.17. The zero-order valence-electron chi connectivity index (χ0n) is 10.8. The fourth-order valence-corrected chi connectivity index (χ4v) is 2.48. The van der Waals surface area contributed by atoms with Crippen molar-refractivity contribution >= 4 is 27.9 Å². The first-order valence-electron chi connectivity index (χ1n) is 6.31. The molecule has 0 fully saturated rings. The Labute approximate surface area is 110 Å². The second-order valence-electron chi connectivity index (χ2n) is 5.41. The Morgan fingerprint density at radius 1 is 1.21 bits per heavy atom. The number of fused-ring (bicyclic) bond motifs is 4. The van der Waals surface area contributed by atoms with Gasteiger partial charge in [-0.2, -0.15) is 0 Å². The van der Waals surface area contributed by atoms with Gasteiger partial charge in [0.1, 0.15) is 16.9 Å². The van der Waals surface area contributed by atoms with Crippen molar-refractivity contribution in [1.29, 1.82) is 0 Å². The molecule has 3 nitrogen and oxygen atoms in total. The molecule has 3 aromatic rings. The third kappa shape index (κ3) is 1.55. The third-order valence-electron chi connectivity index (χ3n) is 3.45. The summed E-state index contributed by atoms with van der Waals surface area (Å²) in [6.07, 6.45) is 7.69. The Kier molecular flexibility index (Phi) is 1.89. The van der Waals surface area contributed by atoms with Gasteiger partial charge in [0.05, 0.1) is 11.8 Å². The van der Waals surface area contributed by atoms with Gasteiger partial charge in [0.15, 0.2) is 0 Å². The van der Waals surface area contributed by atoms with Crippen molar-refractivity contribution in [3.63, 3.8) is 0 Å². The van der Waals surface area contributed by atoms with Gasteiger partial charge in [0, 0.05) is 28.6 Å². The number of hydrogen-bond acceptors (Lipinski definition) is 3. The minimum Gasteiger partial charge on any atom is -0.483 e. The van der Waals surface area contributed by atoms with Crippen LogP contribution < -0.4 is 4.74 Å². The van der Waals surface area contributed by atoms with Gasteiger partial charge in [-0.05, 0) is 32.1 Å². The second-order valence-corrected chi connectivity index (χ2v) is 5.41. The van der Waals surface area contributed by atoms with Crippen LogP contribution in [0.2, 0.25) is 0 Å². The highest BCUT2D eigenvalue weighted by Crippen LogP contribution is 2.35. The number of pyridine rings is 1. The Hall–Kier alpha value is -2.29. The summed E-state index contributed by atoms with van der Waals surface area (Å²) in [5, 5.41) is 2.04. The van der Waals surface area contributed by atoms with E-state index in [2.05, 4.69) is 23.2 Å². The zero-order valence-corrected chi connectivity index (χ0v) is 10.8. The van der Waals surface area contributed by atoms with Gasteiger partial charge in [-0.3, -0.25) is 4.98 Å². The lowest BCUT2D eigenvalue weighted by Gasteiger charge is -2.27. The average Bonchev–Trinajstić information content (AvgIpc) is 2.84. The van der Waals surface area contributed by atoms with E-state index in [1.165, 1.54) is 0 Å². The quantitative estimate of drug-likeness (QED) is 0.601. The summed E-state index contributed by atoms with van der Waals surface area (Å²) in [7, 11) is 0. The Morgan fingerprint density at radius 2 is 2.11 bits per heavy atom. The van der Waals surface area contributed by atoms with Crippen molar-refractivity contribution in [2.24, 2.45) is 0 Å². The molecule has 3 heterocycles. The molecule has 0 aliphatic carbocycles. The van der Waals surface area contributed by atoms with Crippen LogP contribution in [-0.4, -0.2) is 10.6 Å². The highest BCUT2D eigenvalue weighted by molar-refractivity contribution is 6.03. The normalized spacial score (nSPS) is 16.5. The maximum Gasteiger partial charge on any atom is 0.144 e. The van der Waals surface area contributed by atoms with E-state index in [1.54, 1.807) is 6.26 Å². The molecule has 4 rings (SSSR count). The third-order valence-corrected chi connectivity index (χ3v) is 3.45. The molecule has 19 heavy (non-hydrogen) atoms. The molecule has 94 valence electrons. The van der Waals surface area contributed by atoms with Crippen LogP contribution in [0.3, 0.4) is 0 Å². The molecule has 1 aliphatic heterocycles. The monoisotopic (exact) mass is 251 g/mol. The van der Waals surface area contributed by atoms with Crippen molar-refractivity contribution < 1.29 is 9.15 Å². The number of benzene rings is 1. The summed E-state index contributed by atoms with van der Waals surface area (Å²) >= 11 is 0. The lowest BCUT2D eigenvalue weighted by Crippen LogP contribution is -2.27. The summed E-state index contributed by atoms with van der Waals surface area (Å²) in [6, 6.07) is 5.99. The van der Waals surface area contributed by atoms with Crippen LogP contribution in [0.5, 0.6) is 5.75 Å². The largest absolute Gasteiger partial charge is 0.483 e. The predicted molar refractivity (Wildman–Crippen MR) is 75.3 cm³/mol. The van der Waals surface area contributed by atoms with Crippen molar-refractivity contribution in [2.45, 2.75) is 19.4 Å². The second kappa shape index (κ2) is 3.38. The first-order valence-corrected chi connectivity index (χ1v) is 6.31. The van der Waals surface area contributed by atoms with Gasteiger partial charge in [0.25, 0.3) is 0 Å². The Balaban J connectivity index is 2.06. The highest BCUT2D eigenvalue weighted by atomic mass is 16.5. The zero-order chi connectivity index (χ0) is 13.0. The smallest absolute Gasteiger partial charge is 0.144 e. The van der Waals surface area contributed by atoms with Gasteiger partial charge in [-0.1, -0.05) is 6.08 Å².